The lowest BCUT2D eigenvalue weighted by Crippen LogP contribution is -2.09. The van der Waals surface area contributed by atoms with Gasteiger partial charge in [0.2, 0.25) is 0 Å². The fourth-order valence-corrected chi connectivity index (χ4v) is 6.30. The topological polar surface area (TPSA) is 4.93 Å². The maximum atomic E-state index is 3.93. The quantitative estimate of drug-likeness (QED) is 0.255. The predicted octanol–water partition coefficient (Wildman–Crippen LogP) is 8.83. The molecule has 2 aromatic carbocycles. The zero-order valence-corrected chi connectivity index (χ0v) is 21.1. The van der Waals surface area contributed by atoms with Gasteiger partial charge in [-0.1, -0.05) is 101 Å². The van der Waals surface area contributed by atoms with E-state index in [1.165, 1.54) is 49.9 Å². The highest BCUT2D eigenvalue weighted by Gasteiger charge is 2.24. The lowest BCUT2D eigenvalue weighted by Gasteiger charge is -2.23. The van der Waals surface area contributed by atoms with Crippen molar-refractivity contribution in [1.82, 2.24) is 4.57 Å². The highest BCUT2D eigenvalue weighted by molar-refractivity contribution is 7.42. The summed E-state index contributed by atoms with van der Waals surface area (Å²) in [4.78, 5) is 0. The fourth-order valence-electron chi connectivity index (χ4n) is 5.02. The van der Waals surface area contributed by atoms with Crippen molar-refractivity contribution in [3.05, 3.63) is 131 Å². The van der Waals surface area contributed by atoms with Gasteiger partial charge in [0, 0.05) is 11.1 Å². The van der Waals surface area contributed by atoms with E-state index in [0.29, 0.717) is 14.5 Å². The molecule has 2 atom stereocenters. The van der Waals surface area contributed by atoms with Gasteiger partial charge in [0.25, 0.3) is 0 Å². The van der Waals surface area contributed by atoms with Crippen LogP contribution >= 0.6 is 8.58 Å². The van der Waals surface area contributed by atoms with E-state index in [4.69, 9.17) is 0 Å². The Kier molecular flexibility index (Phi) is 6.66. The smallest absolute Gasteiger partial charge is 0.0537 e. The maximum absolute atomic E-state index is 3.93. The summed E-state index contributed by atoms with van der Waals surface area (Å²) in [5, 5.41) is 2.81. The number of allylic oxidation sites excluding steroid dienone is 10. The monoisotopic (exact) mass is 461 g/mol. The summed E-state index contributed by atoms with van der Waals surface area (Å²) in [5.74, 6) is 0.570. The molecule has 0 spiro atoms. The second-order valence-corrected chi connectivity index (χ2v) is 10.5. The minimum absolute atomic E-state index is 0.570. The molecule has 1 heterocycles. The van der Waals surface area contributed by atoms with Crippen LogP contribution in [0.3, 0.4) is 0 Å². The highest BCUT2D eigenvalue weighted by atomic mass is 31.1. The molecular formula is C32H32NP. The van der Waals surface area contributed by atoms with Gasteiger partial charge in [0.15, 0.2) is 0 Å². The third-order valence-electron chi connectivity index (χ3n) is 6.69. The number of hydrogen-bond acceptors (Lipinski definition) is 0. The van der Waals surface area contributed by atoms with Crippen molar-refractivity contribution in [2.24, 2.45) is 5.92 Å². The molecule has 0 bridgehead atoms. The van der Waals surface area contributed by atoms with Crippen molar-refractivity contribution in [3.8, 4) is 0 Å². The third kappa shape index (κ3) is 4.46. The molecule has 2 heteroatoms. The molecule has 0 aliphatic heterocycles. The minimum Gasteiger partial charge on any atom is -0.309 e. The van der Waals surface area contributed by atoms with Gasteiger partial charge in [-0.25, -0.2) is 0 Å². The van der Waals surface area contributed by atoms with Crippen LogP contribution in [-0.2, 0) is 12.6 Å². The molecule has 2 aliphatic carbocycles. The molecule has 3 aromatic rings. The Hall–Kier alpha value is -3.15. The summed E-state index contributed by atoms with van der Waals surface area (Å²) in [6, 6.07) is 17.7. The van der Waals surface area contributed by atoms with Gasteiger partial charge in [-0.2, -0.15) is 0 Å². The van der Waals surface area contributed by atoms with Crippen molar-refractivity contribution in [3.63, 3.8) is 0 Å². The molecule has 0 saturated carbocycles. The van der Waals surface area contributed by atoms with E-state index in [9.17, 15) is 0 Å². The van der Waals surface area contributed by atoms with Crippen LogP contribution in [0.1, 0.15) is 35.7 Å². The number of nitrogens with zero attached hydrogens (tertiary/aromatic N) is 1. The van der Waals surface area contributed by atoms with Gasteiger partial charge in [-0.15, -0.1) is 0 Å². The molecule has 0 amide bonds. The minimum atomic E-state index is 0.570. The number of fused-ring (bicyclic) bond motifs is 3. The standard InChI is InChI=1S/C32H32NP/c1-4-5-15-32(34-22-25-11-7-6-8-12-25)26-13-9-10-14-29(26)33-30-18-16-23(2)20-27(30)28-21-24(3)17-19-31(28)33/h4-12,14-20,24,34H,1,13,21-22H2,2-3H3/b15-5-,32-26-. The molecular weight excluding hydrogens is 429 g/mol. The Labute approximate surface area is 205 Å². The molecule has 5 rings (SSSR count). The van der Waals surface area contributed by atoms with Crippen LogP contribution in [0, 0.1) is 12.8 Å². The Bertz CT molecular complexity index is 1380. The Morgan fingerprint density at radius 3 is 2.85 bits per heavy atom. The first-order valence-corrected chi connectivity index (χ1v) is 13.4. The average molecular weight is 462 g/mol. The van der Waals surface area contributed by atoms with Crippen molar-refractivity contribution in [2.45, 2.75) is 32.9 Å². The second-order valence-electron chi connectivity index (χ2n) is 9.27. The van der Waals surface area contributed by atoms with Gasteiger partial charge >= 0.3 is 0 Å². The van der Waals surface area contributed by atoms with E-state index in [-0.39, 0.29) is 0 Å². The Morgan fingerprint density at radius 2 is 2.03 bits per heavy atom. The van der Waals surface area contributed by atoms with Crippen LogP contribution in [-0.4, -0.2) is 4.57 Å². The summed E-state index contributed by atoms with van der Waals surface area (Å²) in [6.07, 6.45) is 20.9. The zero-order valence-electron chi connectivity index (χ0n) is 20.1. The first-order valence-electron chi connectivity index (χ1n) is 12.2. The van der Waals surface area contributed by atoms with Crippen LogP contribution in [0.5, 0.6) is 0 Å². The number of hydrogen-bond donors (Lipinski definition) is 0. The third-order valence-corrected chi connectivity index (χ3v) is 8.12. The van der Waals surface area contributed by atoms with Crippen LogP contribution < -0.4 is 0 Å². The molecule has 1 aromatic heterocycles. The van der Waals surface area contributed by atoms with E-state index in [1.807, 2.05) is 6.08 Å². The average Bonchev–Trinajstić information content (AvgIpc) is 3.17. The van der Waals surface area contributed by atoms with Crippen molar-refractivity contribution >= 4 is 31.3 Å². The highest BCUT2D eigenvalue weighted by Crippen LogP contribution is 2.43. The van der Waals surface area contributed by atoms with Gasteiger partial charge in [0.05, 0.1) is 11.2 Å². The Morgan fingerprint density at radius 1 is 1.18 bits per heavy atom. The molecule has 2 unspecified atom stereocenters. The van der Waals surface area contributed by atoms with Gasteiger partial charge in [-0.3, -0.25) is 0 Å². The zero-order chi connectivity index (χ0) is 23.5. The SMILES string of the molecule is C=C/C=C\C(PCc1ccccc1)=C1/CC=CC=C1n1c2c(c3cc(C)ccc31)CC(C)C=C2. The van der Waals surface area contributed by atoms with E-state index >= 15 is 0 Å². The van der Waals surface area contributed by atoms with E-state index < -0.39 is 0 Å². The van der Waals surface area contributed by atoms with Gasteiger partial charge < -0.3 is 4.57 Å². The molecule has 0 radical (unpaired) electrons. The molecule has 0 fully saturated rings. The number of aromatic nitrogens is 1. The molecule has 0 saturated heterocycles. The first kappa shape index (κ1) is 22.6. The molecule has 1 nitrogen and oxygen atoms in total. The van der Waals surface area contributed by atoms with E-state index in [2.05, 4.69) is 116 Å². The first-order chi connectivity index (χ1) is 16.7. The Balaban J connectivity index is 1.66. The maximum Gasteiger partial charge on any atom is 0.0537 e. The summed E-state index contributed by atoms with van der Waals surface area (Å²) in [6.45, 7) is 8.44. The van der Waals surface area contributed by atoms with E-state index in [0.717, 1.165) is 19.0 Å². The van der Waals surface area contributed by atoms with Crippen LogP contribution in [0.25, 0.3) is 22.7 Å². The normalized spacial score (nSPS) is 19.2. The molecule has 2 aliphatic rings. The van der Waals surface area contributed by atoms with Crippen LogP contribution in [0.15, 0.2) is 109 Å². The predicted molar refractivity (Wildman–Crippen MR) is 151 cm³/mol. The summed E-state index contributed by atoms with van der Waals surface area (Å²) < 4.78 is 2.51. The largest absolute Gasteiger partial charge is 0.309 e. The van der Waals surface area contributed by atoms with Gasteiger partial charge in [-0.05, 0) is 78.1 Å². The molecule has 34 heavy (non-hydrogen) atoms. The van der Waals surface area contributed by atoms with Crippen LogP contribution in [0.4, 0.5) is 0 Å². The summed E-state index contributed by atoms with van der Waals surface area (Å²) in [7, 11) is 0.701. The molecule has 0 N–H and O–H groups in total. The number of aryl methyl sites for hydroxylation is 1. The van der Waals surface area contributed by atoms with Crippen LogP contribution in [0.2, 0.25) is 0 Å². The van der Waals surface area contributed by atoms with E-state index in [1.54, 1.807) is 0 Å². The number of benzene rings is 2. The lowest BCUT2D eigenvalue weighted by molar-refractivity contribution is 0.718. The summed E-state index contributed by atoms with van der Waals surface area (Å²) in [5.41, 5.74) is 9.57. The number of rotatable bonds is 6. The molecule has 170 valence electrons. The van der Waals surface area contributed by atoms with Crippen molar-refractivity contribution in [2.75, 3.05) is 0 Å². The van der Waals surface area contributed by atoms with Crippen molar-refractivity contribution < 1.29 is 0 Å². The second kappa shape index (κ2) is 10.00. The van der Waals surface area contributed by atoms with Crippen molar-refractivity contribution in [1.29, 1.82) is 0 Å². The fraction of sp³-hybridized carbons (Fsp3) is 0.188. The summed E-state index contributed by atoms with van der Waals surface area (Å²) >= 11 is 0. The lowest BCUT2D eigenvalue weighted by atomic mass is 9.93. The van der Waals surface area contributed by atoms with Gasteiger partial charge in [0.1, 0.15) is 0 Å².